The first-order valence-electron chi connectivity index (χ1n) is 11.5. The van der Waals surface area contributed by atoms with Gasteiger partial charge in [0.05, 0.1) is 42.7 Å². The number of benzene rings is 3. The van der Waals surface area contributed by atoms with Gasteiger partial charge in [-0.15, -0.1) is 11.8 Å². The first-order valence-corrected chi connectivity index (χ1v) is 14.0. The Labute approximate surface area is 247 Å². The highest BCUT2D eigenvalue weighted by atomic mass is 35.5. The maximum Gasteiger partial charge on any atom is 0.338 e. The molecule has 1 aliphatic rings. The van der Waals surface area contributed by atoms with E-state index in [1.54, 1.807) is 47.4 Å². The summed E-state index contributed by atoms with van der Waals surface area (Å²) in [6.45, 7) is 2.00. The summed E-state index contributed by atoms with van der Waals surface area (Å²) in [6.07, 6.45) is 0. The zero-order valence-corrected chi connectivity index (χ0v) is 23.9. The molecule has 4 rings (SSSR count). The molecule has 0 aromatic heterocycles. The lowest BCUT2D eigenvalue weighted by molar-refractivity contribution is -0.128. The summed E-state index contributed by atoms with van der Waals surface area (Å²) in [5, 5.41) is 10.9. The molecule has 3 aromatic rings. The number of thioether (sulfide) groups is 1. The van der Waals surface area contributed by atoms with Gasteiger partial charge in [-0.25, -0.2) is 9.18 Å². The second-order valence-corrected chi connectivity index (χ2v) is 11.0. The number of carbonyl (C=O) groups is 3. The van der Waals surface area contributed by atoms with Gasteiger partial charge in [-0.1, -0.05) is 64.6 Å². The van der Waals surface area contributed by atoms with Crippen molar-refractivity contribution in [3.63, 3.8) is 0 Å². The second kappa shape index (κ2) is 12.7. The van der Waals surface area contributed by atoms with E-state index in [1.165, 1.54) is 17.8 Å². The van der Waals surface area contributed by atoms with Gasteiger partial charge in [0.15, 0.2) is 0 Å². The Hall–Kier alpha value is -2.69. The third-order valence-electron chi connectivity index (χ3n) is 5.99. The molecule has 2 N–H and O–H groups in total. The fraction of sp³-hybridized carbons (Fsp3) is 0.192. The van der Waals surface area contributed by atoms with Crippen LogP contribution in [0.2, 0.25) is 20.1 Å². The Morgan fingerprint density at radius 3 is 2.15 bits per heavy atom. The molecule has 13 heteroatoms. The number of hydrogen-bond donors (Lipinski definition) is 2. The molecule has 1 fully saturated rings. The van der Waals surface area contributed by atoms with Crippen LogP contribution in [-0.4, -0.2) is 59.7 Å². The number of halogens is 5. The predicted octanol–water partition coefficient (Wildman–Crippen LogP) is 6.83. The normalized spacial score (nSPS) is 13.4. The Morgan fingerprint density at radius 2 is 1.51 bits per heavy atom. The highest BCUT2D eigenvalue weighted by Gasteiger charge is 2.29. The largest absolute Gasteiger partial charge is 0.478 e. The number of carboxylic acid groups (broad SMARTS) is 1. The van der Waals surface area contributed by atoms with Gasteiger partial charge in [-0.3, -0.25) is 9.59 Å². The number of para-hydroxylation sites is 1. The lowest BCUT2D eigenvalue weighted by atomic mass is 10.1. The molecule has 0 aliphatic carbocycles. The number of nitrogens with one attached hydrogen (secondary N) is 1. The number of amides is 2. The third-order valence-corrected chi connectivity index (χ3v) is 8.77. The molecule has 0 saturated carbocycles. The van der Waals surface area contributed by atoms with Crippen molar-refractivity contribution in [2.45, 2.75) is 4.90 Å². The van der Waals surface area contributed by atoms with Crippen LogP contribution in [0.4, 0.5) is 15.8 Å². The molecule has 39 heavy (non-hydrogen) atoms. The minimum Gasteiger partial charge on any atom is -0.478 e. The van der Waals surface area contributed by atoms with Gasteiger partial charge >= 0.3 is 5.97 Å². The molecule has 0 spiro atoms. The van der Waals surface area contributed by atoms with E-state index < -0.39 is 28.0 Å². The third kappa shape index (κ3) is 6.56. The molecule has 0 bridgehead atoms. The van der Waals surface area contributed by atoms with Crippen molar-refractivity contribution < 1.29 is 23.9 Å². The number of piperazine rings is 1. The lowest BCUT2D eigenvalue weighted by Gasteiger charge is -2.36. The van der Waals surface area contributed by atoms with Crippen molar-refractivity contribution in [3.8, 4) is 0 Å². The van der Waals surface area contributed by atoms with Gasteiger partial charge in [0.2, 0.25) is 5.91 Å². The van der Waals surface area contributed by atoms with E-state index in [4.69, 9.17) is 46.4 Å². The Bertz CT molecular complexity index is 1450. The Morgan fingerprint density at radius 1 is 0.872 bits per heavy atom. The SMILES string of the molecule is O=C(O)c1c(Cl)c(Cl)c(Cl)c(Cl)c1C(=O)Nc1cccc(SCC(=O)N2CCN(c3ccccc3F)CC2)c1. The quantitative estimate of drug-likeness (QED) is 0.169. The fourth-order valence-electron chi connectivity index (χ4n) is 4.04. The van der Waals surface area contributed by atoms with Crippen molar-refractivity contribution in [2.24, 2.45) is 0 Å². The monoisotopic (exact) mass is 629 g/mol. The number of anilines is 2. The molecule has 3 aromatic carbocycles. The number of nitrogens with zero attached hydrogens (tertiary/aromatic N) is 2. The fourth-order valence-corrected chi connectivity index (χ4v) is 5.92. The van der Waals surface area contributed by atoms with E-state index in [-0.39, 0.29) is 32.5 Å². The van der Waals surface area contributed by atoms with Crippen LogP contribution in [0.1, 0.15) is 20.7 Å². The summed E-state index contributed by atoms with van der Waals surface area (Å²) < 4.78 is 14.1. The van der Waals surface area contributed by atoms with Crippen LogP contribution < -0.4 is 10.2 Å². The summed E-state index contributed by atoms with van der Waals surface area (Å²) in [6, 6.07) is 13.2. The Balaban J connectivity index is 1.38. The van der Waals surface area contributed by atoms with E-state index in [1.807, 2.05) is 4.90 Å². The molecule has 0 unspecified atom stereocenters. The molecule has 0 radical (unpaired) electrons. The number of rotatable bonds is 7. The van der Waals surface area contributed by atoms with Crippen LogP contribution >= 0.6 is 58.2 Å². The summed E-state index contributed by atoms with van der Waals surface area (Å²) >= 11 is 25.5. The molecule has 2 amide bonds. The minimum atomic E-state index is -1.50. The maximum atomic E-state index is 14.1. The van der Waals surface area contributed by atoms with Gasteiger partial charge in [0, 0.05) is 36.8 Å². The molecule has 1 saturated heterocycles. The molecule has 7 nitrogen and oxygen atoms in total. The highest BCUT2D eigenvalue weighted by molar-refractivity contribution is 8.00. The minimum absolute atomic E-state index is 0.0639. The summed E-state index contributed by atoms with van der Waals surface area (Å²) in [5.41, 5.74) is -0.130. The van der Waals surface area contributed by atoms with Gasteiger partial charge in [0.25, 0.3) is 5.91 Å². The van der Waals surface area contributed by atoms with Crippen LogP contribution in [-0.2, 0) is 4.79 Å². The van der Waals surface area contributed by atoms with E-state index in [9.17, 15) is 23.9 Å². The van der Waals surface area contributed by atoms with Crippen LogP contribution in [0.5, 0.6) is 0 Å². The molecule has 0 atom stereocenters. The van der Waals surface area contributed by atoms with Crippen molar-refractivity contribution >= 4 is 87.3 Å². The summed E-state index contributed by atoms with van der Waals surface area (Å²) in [5.74, 6) is -2.53. The molecule has 1 aliphatic heterocycles. The van der Waals surface area contributed by atoms with Crippen molar-refractivity contribution in [3.05, 3.63) is 85.6 Å². The molecular weight excluding hydrogens is 611 g/mol. The highest BCUT2D eigenvalue weighted by Crippen LogP contribution is 2.42. The maximum absolute atomic E-state index is 14.1. The smallest absolute Gasteiger partial charge is 0.338 e. The van der Waals surface area contributed by atoms with Crippen LogP contribution in [0, 0.1) is 5.82 Å². The van der Waals surface area contributed by atoms with E-state index in [2.05, 4.69) is 5.32 Å². The predicted molar refractivity (Wildman–Crippen MR) is 154 cm³/mol. The summed E-state index contributed by atoms with van der Waals surface area (Å²) in [4.78, 5) is 41.9. The van der Waals surface area contributed by atoms with Crippen molar-refractivity contribution in [2.75, 3.05) is 42.1 Å². The van der Waals surface area contributed by atoms with E-state index in [0.29, 0.717) is 42.4 Å². The lowest BCUT2D eigenvalue weighted by Crippen LogP contribution is -2.49. The number of aromatic carboxylic acids is 1. The zero-order chi connectivity index (χ0) is 28.3. The molecular formula is C26H20Cl4FN3O4S. The van der Waals surface area contributed by atoms with E-state index in [0.717, 1.165) is 0 Å². The average Bonchev–Trinajstić information content (AvgIpc) is 2.92. The topological polar surface area (TPSA) is 89.9 Å². The second-order valence-electron chi connectivity index (χ2n) is 8.40. The van der Waals surface area contributed by atoms with E-state index >= 15 is 0 Å². The van der Waals surface area contributed by atoms with Gasteiger partial charge in [-0.2, -0.15) is 0 Å². The first kappa shape index (κ1) is 29.3. The van der Waals surface area contributed by atoms with Gasteiger partial charge in [0.1, 0.15) is 5.82 Å². The van der Waals surface area contributed by atoms with Gasteiger partial charge in [-0.05, 0) is 30.3 Å². The van der Waals surface area contributed by atoms with Gasteiger partial charge < -0.3 is 20.2 Å². The van der Waals surface area contributed by atoms with Crippen LogP contribution in [0.15, 0.2) is 53.4 Å². The standard InChI is InChI=1S/C26H20Cl4FN3O4S/c27-21-19(20(26(37)38)22(28)24(30)23(21)29)25(36)32-14-4-3-5-15(12-14)39-13-18(35)34-10-8-33(9-11-34)17-7-2-1-6-16(17)31/h1-7,12H,8-11,13H2,(H,32,36)(H,37,38). The zero-order valence-electron chi connectivity index (χ0n) is 20.0. The number of hydrogen-bond acceptors (Lipinski definition) is 5. The first-order chi connectivity index (χ1) is 18.6. The summed E-state index contributed by atoms with van der Waals surface area (Å²) in [7, 11) is 0. The van der Waals surface area contributed by atoms with Crippen LogP contribution in [0.25, 0.3) is 0 Å². The number of carboxylic acids is 1. The number of carbonyl (C=O) groups excluding carboxylic acids is 2. The van der Waals surface area contributed by atoms with Crippen LogP contribution in [0.3, 0.4) is 0 Å². The van der Waals surface area contributed by atoms with Crippen molar-refractivity contribution in [1.82, 2.24) is 4.90 Å². The average molecular weight is 631 g/mol. The molecule has 204 valence electrons. The Kier molecular flexibility index (Phi) is 9.51. The van der Waals surface area contributed by atoms with Crippen molar-refractivity contribution in [1.29, 1.82) is 0 Å². The molecule has 1 heterocycles.